The molecule has 1 aliphatic carbocycles. The molecule has 0 atom stereocenters. The first-order valence-electron chi connectivity index (χ1n) is 9.47. The number of carbonyl (C=O) groups is 1. The van der Waals surface area contributed by atoms with Gasteiger partial charge in [-0.15, -0.1) is 0 Å². The van der Waals surface area contributed by atoms with Gasteiger partial charge in [-0.05, 0) is 54.7 Å². The number of hydrogen-bond donors (Lipinski definition) is 0. The van der Waals surface area contributed by atoms with E-state index < -0.39 is 27.6 Å². The Morgan fingerprint density at radius 3 is 2.42 bits per heavy atom. The standard InChI is InChI=1S/C22H19F2NO5S/c1-29-18-8-4-7-17(24)20(18)21-19(13-9-10-13)16(22(26)30-2)12-25(21)31(27,28)15-6-3-5-14(23)11-15/h3-8,11-13H,9-10H2,1-2H3. The fourth-order valence-electron chi connectivity index (χ4n) is 3.64. The highest BCUT2D eigenvalue weighted by atomic mass is 32.2. The molecule has 0 spiro atoms. The second kappa shape index (κ2) is 7.81. The lowest BCUT2D eigenvalue weighted by molar-refractivity contribution is 0.0599. The summed E-state index contributed by atoms with van der Waals surface area (Å²) < 4.78 is 66.8. The monoisotopic (exact) mass is 447 g/mol. The average Bonchev–Trinajstić information content (AvgIpc) is 3.52. The van der Waals surface area contributed by atoms with Crippen LogP contribution >= 0.6 is 0 Å². The minimum absolute atomic E-state index is 0.0188. The molecule has 1 heterocycles. The summed E-state index contributed by atoms with van der Waals surface area (Å²) in [6, 6.07) is 8.59. The quantitative estimate of drug-likeness (QED) is 0.526. The van der Waals surface area contributed by atoms with Crippen molar-refractivity contribution in [3.63, 3.8) is 0 Å². The van der Waals surface area contributed by atoms with Crippen LogP contribution in [0, 0.1) is 11.6 Å². The number of benzene rings is 2. The van der Waals surface area contributed by atoms with Crippen molar-refractivity contribution in [2.24, 2.45) is 0 Å². The van der Waals surface area contributed by atoms with Gasteiger partial charge in [-0.25, -0.2) is 26.0 Å². The molecule has 1 saturated carbocycles. The van der Waals surface area contributed by atoms with Crippen LogP contribution in [0.4, 0.5) is 8.78 Å². The maximum Gasteiger partial charge on any atom is 0.339 e. The van der Waals surface area contributed by atoms with Gasteiger partial charge in [0.05, 0.1) is 35.9 Å². The van der Waals surface area contributed by atoms with E-state index in [1.54, 1.807) is 0 Å². The van der Waals surface area contributed by atoms with Gasteiger partial charge in [0.25, 0.3) is 10.0 Å². The number of nitrogens with zero attached hydrogens (tertiary/aromatic N) is 1. The summed E-state index contributed by atoms with van der Waals surface area (Å²) in [4.78, 5) is 12.2. The van der Waals surface area contributed by atoms with Gasteiger partial charge in [0, 0.05) is 6.20 Å². The van der Waals surface area contributed by atoms with E-state index in [-0.39, 0.29) is 33.4 Å². The fourth-order valence-corrected chi connectivity index (χ4v) is 5.05. The van der Waals surface area contributed by atoms with Gasteiger partial charge < -0.3 is 9.47 Å². The number of hydrogen-bond acceptors (Lipinski definition) is 5. The molecule has 1 fully saturated rings. The molecule has 1 aliphatic rings. The predicted molar refractivity (Wildman–Crippen MR) is 109 cm³/mol. The predicted octanol–water partition coefficient (Wildman–Crippen LogP) is 4.34. The van der Waals surface area contributed by atoms with Crippen molar-refractivity contribution in [1.29, 1.82) is 0 Å². The second-order valence-electron chi connectivity index (χ2n) is 7.15. The largest absolute Gasteiger partial charge is 0.496 e. The van der Waals surface area contributed by atoms with E-state index in [0.29, 0.717) is 18.4 Å². The number of methoxy groups -OCH3 is 2. The van der Waals surface area contributed by atoms with Gasteiger partial charge in [-0.3, -0.25) is 0 Å². The van der Waals surface area contributed by atoms with Crippen LogP contribution in [0.5, 0.6) is 5.75 Å². The van der Waals surface area contributed by atoms with Gasteiger partial charge in [-0.2, -0.15) is 0 Å². The summed E-state index contributed by atoms with van der Waals surface area (Å²) >= 11 is 0. The number of esters is 1. The number of halogens is 2. The summed E-state index contributed by atoms with van der Waals surface area (Å²) in [5.74, 6) is -2.24. The molecule has 0 bridgehead atoms. The van der Waals surface area contributed by atoms with Crippen molar-refractivity contribution in [2.45, 2.75) is 23.7 Å². The molecular weight excluding hydrogens is 428 g/mol. The SMILES string of the molecule is COC(=O)c1cn(S(=O)(=O)c2cccc(F)c2)c(-c2c(F)cccc2OC)c1C1CC1. The van der Waals surface area contributed by atoms with Crippen molar-refractivity contribution >= 4 is 16.0 Å². The Bertz CT molecular complexity index is 1280. The Morgan fingerprint density at radius 2 is 1.81 bits per heavy atom. The van der Waals surface area contributed by atoms with Crippen LogP contribution in [-0.2, 0) is 14.8 Å². The Labute approximate surface area is 178 Å². The Morgan fingerprint density at radius 1 is 1.10 bits per heavy atom. The Balaban J connectivity index is 2.11. The summed E-state index contributed by atoms with van der Waals surface area (Å²) in [7, 11) is -1.87. The summed E-state index contributed by atoms with van der Waals surface area (Å²) in [5.41, 5.74) is 0.268. The van der Waals surface area contributed by atoms with Gasteiger partial charge >= 0.3 is 5.97 Å². The lowest BCUT2D eigenvalue weighted by Crippen LogP contribution is -2.14. The minimum atomic E-state index is -4.38. The van der Waals surface area contributed by atoms with Crippen LogP contribution in [0.1, 0.15) is 34.7 Å². The van der Waals surface area contributed by atoms with Gasteiger partial charge in [0.2, 0.25) is 0 Å². The zero-order valence-corrected chi connectivity index (χ0v) is 17.6. The summed E-state index contributed by atoms with van der Waals surface area (Å²) in [6.45, 7) is 0. The molecule has 2 aromatic carbocycles. The maximum atomic E-state index is 15.0. The summed E-state index contributed by atoms with van der Waals surface area (Å²) in [5, 5.41) is 0. The van der Waals surface area contributed by atoms with E-state index >= 15 is 4.39 Å². The maximum absolute atomic E-state index is 15.0. The zero-order chi connectivity index (χ0) is 22.3. The van der Waals surface area contributed by atoms with E-state index in [1.165, 1.54) is 44.6 Å². The highest BCUT2D eigenvalue weighted by Gasteiger charge is 2.38. The number of rotatable bonds is 6. The average molecular weight is 447 g/mol. The van der Waals surface area contributed by atoms with Crippen LogP contribution in [0.3, 0.4) is 0 Å². The van der Waals surface area contributed by atoms with Crippen molar-refractivity contribution in [3.8, 4) is 17.0 Å². The smallest absolute Gasteiger partial charge is 0.339 e. The number of ether oxygens (including phenoxy) is 2. The molecule has 0 unspecified atom stereocenters. The van der Waals surface area contributed by atoms with Crippen molar-refractivity contribution < 1.29 is 31.5 Å². The van der Waals surface area contributed by atoms with E-state index in [1.807, 2.05) is 0 Å². The lowest BCUT2D eigenvalue weighted by atomic mass is 10.00. The Kier molecular flexibility index (Phi) is 5.30. The first-order chi connectivity index (χ1) is 14.8. The zero-order valence-electron chi connectivity index (χ0n) is 16.8. The molecule has 6 nitrogen and oxygen atoms in total. The first kappa shape index (κ1) is 21.0. The number of aromatic nitrogens is 1. The minimum Gasteiger partial charge on any atom is -0.496 e. The topological polar surface area (TPSA) is 74.6 Å². The molecular formula is C22H19F2NO5S. The van der Waals surface area contributed by atoms with Crippen LogP contribution in [0.15, 0.2) is 53.6 Å². The van der Waals surface area contributed by atoms with E-state index in [4.69, 9.17) is 9.47 Å². The van der Waals surface area contributed by atoms with Crippen molar-refractivity contribution in [3.05, 3.63) is 71.4 Å². The Hall–Kier alpha value is -3.20. The molecule has 0 amide bonds. The van der Waals surface area contributed by atoms with E-state index in [2.05, 4.69) is 0 Å². The van der Waals surface area contributed by atoms with Gasteiger partial charge in [0.1, 0.15) is 17.4 Å². The van der Waals surface area contributed by atoms with Crippen LogP contribution < -0.4 is 4.74 Å². The highest BCUT2D eigenvalue weighted by molar-refractivity contribution is 7.90. The molecule has 0 N–H and O–H groups in total. The van der Waals surface area contributed by atoms with Gasteiger partial charge in [0.15, 0.2) is 0 Å². The lowest BCUT2D eigenvalue weighted by Gasteiger charge is -2.16. The van der Waals surface area contributed by atoms with Crippen molar-refractivity contribution in [1.82, 2.24) is 3.97 Å². The van der Waals surface area contributed by atoms with Crippen molar-refractivity contribution in [2.75, 3.05) is 14.2 Å². The molecule has 4 rings (SSSR count). The molecule has 162 valence electrons. The second-order valence-corrected chi connectivity index (χ2v) is 8.96. The first-order valence-corrected chi connectivity index (χ1v) is 10.9. The van der Waals surface area contributed by atoms with Crippen LogP contribution in [0.2, 0.25) is 0 Å². The molecule has 0 saturated heterocycles. The third-order valence-electron chi connectivity index (χ3n) is 5.19. The molecule has 31 heavy (non-hydrogen) atoms. The third kappa shape index (κ3) is 3.59. The third-order valence-corrected chi connectivity index (χ3v) is 6.84. The van der Waals surface area contributed by atoms with E-state index in [9.17, 15) is 17.6 Å². The van der Waals surface area contributed by atoms with Crippen LogP contribution in [-0.4, -0.2) is 32.6 Å². The molecule has 9 heteroatoms. The highest BCUT2D eigenvalue weighted by Crippen LogP contribution is 2.50. The van der Waals surface area contributed by atoms with E-state index in [0.717, 1.165) is 22.3 Å². The molecule has 0 radical (unpaired) electrons. The normalized spacial score (nSPS) is 13.8. The van der Waals surface area contributed by atoms with Gasteiger partial charge in [-0.1, -0.05) is 12.1 Å². The summed E-state index contributed by atoms with van der Waals surface area (Å²) in [6.07, 6.45) is 2.52. The van der Waals surface area contributed by atoms with Crippen LogP contribution in [0.25, 0.3) is 11.3 Å². The fraction of sp³-hybridized carbons (Fsp3) is 0.227. The molecule has 0 aliphatic heterocycles. The molecule has 3 aromatic rings. The molecule has 1 aromatic heterocycles. The number of carbonyl (C=O) groups excluding carboxylic acids is 1.